The average molecular weight is 936 g/mol. The van der Waals surface area contributed by atoms with Gasteiger partial charge >= 0.3 is 6.18 Å². The van der Waals surface area contributed by atoms with Crippen molar-refractivity contribution in [2.75, 3.05) is 29.5 Å². The van der Waals surface area contributed by atoms with E-state index >= 15 is 13.2 Å². The van der Waals surface area contributed by atoms with Crippen LogP contribution in [0.2, 0.25) is 0 Å². The number of piperidine rings is 2. The van der Waals surface area contributed by atoms with Crippen molar-refractivity contribution < 1.29 is 64.9 Å². The lowest BCUT2D eigenvalue weighted by Crippen LogP contribution is -2.53. The van der Waals surface area contributed by atoms with Gasteiger partial charge < -0.3 is 24.4 Å². The summed E-state index contributed by atoms with van der Waals surface area (Å²) in [4.78, 5) is 72.5. The number of anilines is 2. The maximum Gasteiger partial charge on any atom is 0.420 e. The summed E-state index contributed by atoms with van der Waals surface area (Å²) in [5, 5.41) is 21.8. The van der Waals surface area contributed by atoms with Gasteiger partial charge in [0.05, 0.1) is 34.8 Å². The van der Waals surface area contributed by atoms with Gasteiger partial charge in [-0.25, -0.2) is 13.2 Å². The molecule has 5 amide bonds. The van der Waals surface area contributed by atoms with E-state index in [9.17, 15) is 42.3 Å². The summed E-state index contributed by atoms with van der Waals surface area (Å²) in [6, 6.07) is 10.8. The predicted molar refractivity (Wildman–Crippen MR) is 222 cm³/mol. The number of likely N-dealkylation sites (tertiary alicyclic amines) is 1. The number of aliphatic hydroxyl groups is 1. The molecule has 1 aromatic heterocycles. The Hall–Kier alpha value is -7.12. The fraction of sp³-hybridized carbons (Fsp3) is 0.318. The monoisotopic (exact) mass is 935 g/mol. The Morgan fingerprint density at radius 3 is 2.38 bits per heavy atom. The van der Waals surface area contributed by atoms with Crippen molar-refractivity contribution in [3.05, 3.63) is 100 Å². The van der Waals surface area contributed by atoms with E-state index in [2.05, 4.69) is 10.3 Å². The Kier molecular flexibility index (Phi) is 11.7. The smallest absolute Gasteiger partial charge is 0.420 e. The number of rotatable bonds is 9. The van der Waals surface area contributed by atoms with Gasteiger partial charge in [-0.2, -0.15) is 18.4 Å². The number of alkyl halides is 3. The maximum absolute atomic E-state index is 15.8. The largest absolute Gasteiger partial charge is 0.487 e. The molecule has 0 spiro atoms. The summed E-state index contributed by atoms with van der Waals surface area (Å²) < 4.78 is 99.7. The number of ether oxygens (including phenoxy) is 2. The molecule has 342 valence electrons. The van der Waals surface area contributed by atoms with Gasteiger partial charge in [-0.1, -0.05) is 12.1 Å². The summed E-state index contributed by atoms with van der Waals surface area (Å²) in [6.45, 7) is 2.62. The molecular formula is C44H35F6N7O8S. The second-order valence-electron chi connectivity index (χ2n) is 16.2. The summed E-state index contributed by atoms with van der Waals surface area (Å²) in [6.07, 6.45) is -5.55. The Bertz CT molecular complexity index is 2790. The highest BCUT2D eigenvalue weighted by Crippen LogP contribution is 2.43. The van der Waals surface area contributed by atoms with Crippen LogP contribution in [-0.4, -0.2) is 91.9 Å². The third kappa shape index (κ3) is 7.91. The molecule has 4 aromatic rings. The molecule has 0 bridgehead atoms. The minimum Gasteiger partial charge on any atom is -0.487 e. The van der Waals surface area contributed by atoms with Gasteiger partial charge in [0.25, 0.3) is 17.7 Å². The molecular weight excluding hydrogens is 901 g/mol. The molecule has 4 aliphatic rings. The van der Waals surface area contributed by atoms with E-state index in [-0.39, 0.29) is 65.5 Å². The molecule has 3 fully saturated rings. The third-order valence-electron chi connectivity index (χ3n) is 11.8. The van der Waals surface area contributed by atoms with Gasteiger partial charge in [0, 0.05) is 49.5 Å². The number of imide groups is 1. The van der Waals surface area contributed by atoms with Crippen LogP contribution in [0.4, 0.5) is 37.7 Å². The van der Waals surface area contributed by atoms with E-state index in [0.29, 0.717) is 23.8 Å². The summed E-state index contributed by atoms with van der Waals surface area (Å²) >= 11 is 5.42. The minimum atomic E-state index is -5.28. The first-order valence-electron chi connectivity index (χ1n) is 20.2. The van der Waals surface area contributed by atoms with Gasteiger partial charge in [0.2, 0.25) is 11.8 Å². The zero-order valence-electron chi connectivity index (χ0n) is 34.6. The summed E-state index contributed by atoms with van der Waals surface area (Å²) in [5.41, 5.74) is -5.70. The predicted octanol–water partition coefficient (Wildman–Crippen LogP) is 5.67. The van der Waals surface area contributed by atoms with Crippen molar-refractivity contribution in [2.45, 2.75) is 69.6 Å². The number of carbonyl (C=O) groups excluding carboxylic acids is 5. The summed E-state index contributed by atoms with van der Waals surface area (Å²) in [7, 11) is 0. The number of halogens is 6. The Balaban J connectivity index is 0.886. The zero-order chi connectivity index (χ0) is 47.6. The highest BCUT2D eigenvalue weighted by molar-refractivity contribution is 7.81. The quantitative estimate of drug-likeness (QED) is 0.119. The van der Waals surface area contributed by atoms with Gasteiger partial charge in [0.15, 0.2) is 41.1 Å². The number of carbonyl (C=O) groups is 5. The number of fused-ring (bicyclic) bond motifs is 1. The SMILES string of the molecule is CC1(C)C(=O)N(c2ccc(C#N)c(C(F)(F)F)c2F)C(=S)N1c1cnc(-c2ccc(OC3CCN(C(=O)COc4cccc5c4C(=O)N(C4CCC(=O)NC4=O)C5O)CC3)c(F)c2)c(F)c1. The molecule has 0 aliphatic carbocycles. The molecule has 5 heterocycles. The lowest BCUT2D eigenvalue weighted by molar-refractivity contribution is -0.141. The Morgan fingerprint density at radius 1 is 1.00 bits per heavy atom. The number of pyridine rings is 1. The Morgan fingerprint density at radius 2 is 1.73 bits per heavy atom. The van der Waals surface area contributed by atoms with E-state index in [1.807, 2.05) is 0 Å². The summed E-state index contributed by atoms with van der Waals surface area (Å²) in [5.74, 6) is -7.14. The number of aromatic nitrogens is 1. The van der Waals surface area contributed by atoms with E-state index in [1.54, 1.807) is 0 Å². The van der Waals surface area contributed by atoms with Gasteiger partial charge in [-0.15, -0.1) is 0 Å². The van der Waals surface area contributed by atoms with Crippen molar-refractivity contribution in [1.82, 2.24) is 20.1 Å². The van der Waals surface area contributed by atoms with Crippen LogP contribution in [0.5, 0.6) is 11.5 Å². The van der Waals surface area contributed by atoms with Gasteiger partial charge in [-0.05, 0) is 68.9 Å². The standard InChI is InChI=1S/C44H35F6N7O8S/c1-43(2)41(63)56(28-8-6-22(18-51)35(36(28)47)44(48,49)50)42(66)57(43)23-17-27(46)37(52-19-23)21-7-10-30(26(45)16-21)65-24-12-14-54(15-13-24)33(59)20-64-31-5-3-4-25-34(31)40(62)55(39(25)61)29-9-11-32(58)53-38(29)60/h3-8,10,16-17,19,24,29,39,61H,9,11-15,20H2,1-2H3,(H,53,58,60). The van der Waals surface area contributed by atoms with E-state index in [0.717, 1.165) is 34.2 Å². The highest BCUT2D eigenvalue weighted by Gasteiger charge is 2.52. The molecule has 22 heteroatoms. The van der Waals surface area contributed by atoms with Crippen LogP contribution in [0.1, 0.15) is 72.8 Å². The van der Waals surface area contributed by atoms with Crippen LogP contribution in [0.25, 0.3) is 11.3 Å². The molecule has 2 N–H and O–H groups in total. The molecule has 3 aromatic carbocycles. The van der Waals surface area contributed by atoms with E-state index in [1.165, 1.54) is 55.1 Å². The van der Waals surface area contributed by atoms with Gasteiger partial charge in [-0.3, -0.25) is 44.1 Å². The molecule has 0 radical (unpaired) electrons. The number of nitrogens with zero attached hydrogens (tertiary/aromatic N) is 6. The molecule has 66 heavy (non-hydrogen) atoms. The minimum absolute atomic E-state index is 0.00476. The molecule has 8 rings (SSSR count). The number of benzene rings is 3. The number of hydrogen-bond acceptors (Lipinski definition) is 11. The third-order valence-corrected chi connectivity index (χ3v) is 12.1. The van der Waals surface area contributed by atoms with Crippen LogP contribution in [-0.2, 0) is 25.4 Å². The first kappa shape index (κ1) is 45.4. The van der Waals surface area contributed by atoms with Crippen LogP contribution in [0, 0.1) is 28.8 Å². The number of nitriles is 1. The first-order valence-corrected chi connectivity index (χ1v) is 20.6. The normalized spacial score (nSPS) is 19.8. The van der Waals surface area contributed by atoms with Crippen molar-refractivity contribution in [3.63, 3.8) is 0 Å². The molecule has 2 unspecified atom stereocenters. The highest BCUT2D eigenvalue weighted by atomic mass is 32.1. The zero-order valence-corrected chi connectivity index (χ0v) is 35.4. The fourth-order valence-corrected chi connectivity index (χ4v) is 8.97. The maximum atomic E-state index is 15.8. The fourth-order valence-electron chi connectivity index (χ4n) is 8.45. The lowest BCUT2D eigenvalue weighted by Gasteiger charge is -2.32. The average Bonchev–Trinajstić information content (AvgIpc) is 3.62. The number of hydrogen-bond donors (Lipinski definition) is 2. The van der Waals surface area contributed by atoms with Gasteiger partial charge in [0.1, 0.15) is 34.7 Å². The number of nitrogens with one attached hydrogen (secondary N) is 1. The van der Waals surface area contributed by atoms with Crippen LogP contribution >= 0.6 is 12.2 Å². The second kappa shape index (κ2) is 17.0. The Labute approximate surface area is 376 Å². The van der Waals surface area contributed by atoms with Crippen LogP contribution < -0.4 is 24.6 Å². The molecule has 4 aliphatic heterocycles. The number of aliphatic hydroxyl groups excluding tert-OH is 1. The number of amides is 5. The van der Waals surface area contributed by atoms with E-state index < -0.39 is 106 Å². The van der Waals surface area contributed by atoms with E-state index in [4.69, 9.17) is 27.0 Å². The first-order chi connectivity index (χ1) is 31.2. The number of thiocarbonyl (C=S) groups is 1. The van der Waals surface area contributed by atoms with Crippen molar-refractivity contribution in [2.24, 2.45) is 0 Å². The molecule has 2 atom stereocenters. The molecule has 15 nitrogen and oxygen atoms in total. The lowest BCUT2D eigenvalue weighted by atomic mass is 10.0. The van der Waals surface area contributed by atoms with Crippen molar-refractivity contribution >= 4 is 58.2 Å². The van der Waals surface area contributed by atoms with Crippen molar-refractivity contribution in [3.8, 4) is 28.8 Å². The van der Waals surface area contributed by atoms with Crippen molar-refractivity contribution in [1.29, 1.82) is 5.26 Å². The second-order valence-corrected chi connectivity index (χ2v) is 16.5. The molecule has 0 saturated carbocycles. The van der Waals surface area contributed by atoms with Crippen LogP contribution in [0.15, 0.2) is 60.8 Å². The van der Waals surface area contributed by atoms with Crippen LogP contribution in [0.3, 0.4) is 0 Å². The topological polar surface area (TPSA) is 186 Å². The molecule has 3 saturated heterocycles.